The van der Waals surface area contributed by atoms with Crippen molar-refractivity contribution in [3.8, 4) is 0 Å². The summed E-state index contributed by atoms with van der Waals surface area (Å²) in [6.45, 7) is 6.66. The highest BCUT2D eigenvalue weighted by Crippen LogP contribution is 2.26. The number of carboxylic acids is 1. The quantitative estimate of drug-likeness (QED) is 0.934. The van der Waals surface area contributed by atoms with Crippen molar-refractivity contribution >= 4 is 16.9 Å². The van der Waals surface area contributed by atoms with Crippen molar-refractivity contribution in [2.45, 2.75) is 39.3 Å². The summed E-state index contributed by atoms with van der Waals surface area (Å²) in [5.74, 6) is -0.289. The predicted octanol–water partition coefficient (Wildman–Crippen LogP) is 3.75. The van der Waals surface area contributed by atoms with Crippen molar-refractivity contribution in [2.24, 2.45) is 5.92 Å². The average molecular weight is 287 g/mol. The molecule has 1 aromatic carbocycles. The Morgan fingerprint density at radius 2 is 2.19 bits per heavy atom. The molecule has 1 saturated heterocycles. The van der Waals surface area contributed by atoms with Crippen LogP contribution < -0.4 is 0 Å². The van der Waals surface area contributed by atoms with Crippen LogP contribution in [0.1, 0.15) is 42.8 Å². The Labute approximate surface area is 124 Å². The number of benzene rings is 1. The third-order valence-electron chi connectivity index (χ3n) is 4.68. The molecule has 21 heavy (non-hydrogen) atoms. The summed E-state index contributed by atoms with van der Waals surface area (Å²) in [6.07, 6.45) is 2.56. The monoisotopic (exact) mass is 287 g/mol. The first-order valence-corrected chi connectivity index (χ1v) is 7.54. The molecule has 1 aromatic heterocycles. The van der Waals surface area contributed by atoms with Gasteiger partial charge in [-0.2, -0.15) is 0 Å². The molecule has 0 aliphatic carbocycles. The van der Waals surface area contributed by atoms with E-state index in [-0.39, 0.29) is 5.76 Å². The first-order valence-electron chi connectivity index (χ1n) is 7.54. The van der Waals surface area contributed by atoms with Gasteiger partial charge in [0.1, 0.15) is 5.58 Å². The molecule has 2 unspecified atom stereocenters. The van der Waals surface area contributed by atoms with Crippen molar-refractivity contribution in [1.82, 2.24) is 4.90 Å². The van der Waals surface area contributed by atoms with Crippen molar-refractivity contribution in [3.63, 3.8) is 0 Å². The molecule has 4 heteroatoms. The van der Waals surface area contributed by atoms with E-state index in [1.165, 1.54) is 18.4 Å². The van der Waals surface area contributed by atoms with Gasteiger partial charge in [0.15, 0.2) is 0 Å². The largest absolute Gasteiger partial charge is 0.475 e. The van der Waals surface area contributed by atoms with E-state index < -0.39 is 5.97 Å². The summed E-state index contributed by atoms with van der Waals surface area (Å²) in [5.41, 5.74) is 1.84. The molecule has 1 fully saturated rings. The molecule has 2 aromatic rings. The Kier molecular flexibility index (Phi) is 3.72. The maximum absolute atomic E-state index is 10.9. The first-order chi connectivity index (χ1) is 10.0. The Morgan fingerprint density at radius 1 is 1.38 bits per heavy atom. The van der Waals surface area contributed by atoms with E-state index >= 15 is 0 Å². The van der Waals surface area contributed by atoms with Crippen molar-refractivity contribution < 1.29 is 14.3 Å². The minimum absolute atomic E-state index is 0.00196. The van der Waals surface area contributed by atoms with Crippen LogP contribution in [0.2, 0.25) is 0 Å². The minimum Gasteiger partial charge on any atom is -0.475 e. The lowest BCUT2D eigenvalue weighted by Crippen LogP contribution is -2.41. The minimum atomic E-state index is -1.02. The first kappa shape index (κ1) is 14.1. The van der Waals surface area contributed by atoms with E-state index in [1.54, 1.807) is 6.07 Å². The highest BCUT2D eigenvalue weighted by atomic mass is 16.4. The molecule has 0 radical (unpaired) electrons. The topological polar surface area (TPSA) is 53.7 Å². The van der Waals surface area contributed by atoms with Crippen LogP contribution in [0.4, 0.5) is 0 Å². The number of piperidine rings is 1. The molecular weight excluding hydrogens is 266 g/mol. The van der Waals surface area contributed by atoms with Gasteiger partial charge in [0, 0.05) is 18.0 Å². The van der Waals surface area contributed by atoms with Crippen LogP contribution in [0.3, 0.4) is 0 Å². The second kappa shape index (κ2) is 5.53. The van der Waals surface area contributed by atoms with Gasteiger partial charge in [-0.15, -0.1) is 0 Å². The van der Waals surface area contributed by atoms with E-state index in [0.717, 1.165) is 24.4 Å². The standard InChI is InChI=1S/C17H21NO3/c1-11-4-3-7-18(12(11)2)10-13-5-6-15-14(8-13)9-16(21-15)17(19)20/h5-6,8-9,11-12H,3-4,7,10H2,1-2H3,(H,19,20). The predicted molar refractivity (Wildman–Crippen MR) is 81.4 cm³/mol. The van der Waals surface area contributed by atoms with Crippen molar-refractivity contribution in [2.75, 3.05) is 6.54 Å². The number of furan rings is 1. The van der Waals surface area contributed by atoms with Gasteiger partial charge in [0.25, 0.3) is 0 Å². The molecule has 4 nitrogen and oxygen atoms in total. The average Bonchev–Trinajstić information content (AvgIpc) is 2.87. The molecule has 2 heterocycles. The van der Waals surface area contributed by atoms with Crippen LogP contribution in [0.5, 0.6) is 0 Å². The fourth-order valence-electron chi connectivity index (χ4n) is 3.18. The second-order valence-corrected chi connectivity index (χ2v) is 6.12. The molecule has 0 bridgehead atoms. The van der Waals surface area contributed by atoms with E-state index in [2.05, 4.69) is 18.7 Å². The summed E-state index contributed by atoms with van der Waals surface area (Å²) in [7, 11) is 0. The van der Waals surface area contributed by atoms with Crippen LogP contribution in [-0.2, 0) is 6.54 Å². The van der Waals surface area contributed by atoms with Gasteiger partial charge in [0.05, 0.1) is 0 Å². The van der Waals surface area contributed by atoms with Crippen LogP contribution in [-0.4, -0.2) is 28.6 Å². The lowest BCUT2D eigenvalue weighted by Gasteiger charge is -2.38. The van der Waals surface area contributed by atoms with E-state index in [9.17, 15) is 4.79 Å². The van der Waals surface area contributed by atoms with Crippen molar-refractivity contribution in [3.05, 3.63) is 35.6 Å². The number of carboxylic acid groups (broad SMARTS) is 1. The maximum atomic E-state index is 10.9. The van der Waals surface area contributed by atoms with Gasteiger partial charge in [0.2, 0.25) is 5.76 Å². The zero-order valence-corrected chi connectivity index (χ0v) is 12.5. The Hall–Kier alpha value is -1.81. The molecule has 1 N–H and O–H groups in total. The number of carbonyl (C=O) groups is 1. The van der Waals surface area contributed by atoms with Gasteiger partial charge in [-0.3, -0.25) is 4.90 Å². The van der Waals surface area contributed by atoms with Crippen LogP contribution >= 0.6 is 0 Å². The SMILES string of the molecule is CC1CCCN(Cc2ccc3oc(C(=O)O)cc3c2)C1C. The van der Waals surface area contributed by atoms with Crippen LogP contribution in [0, 0.1) is 5.92 Å². The van der Waals surface area contributed by atoms with Gasteiger partial charge >= 0.3 is 5.97 Å². The molecule has 0 saturated carbocycles. The summed E-state index contributed by atoms with van der Waals surface area (Å²) in [5, 5.41) is 9.84. The molecule has 2 atom stereocenters. The molecule has 0 amide bonds. The number of hydrogen-bond donors (Lipinski definition) is 1. The lowest BCUT2D eigenvalue weighted by molar-refractivity contribution is 0.0665. The molecule has 1 aliphatic rings. The van der Waals surface area contributed by atoms with Gasteiger partial charge in [-0.05, 0) is 56.0 Å². The number of rotatable bonds is 3. The molecular formula is C17H21NO3. The zero-order chi connectivity index (χ0) is 15.0. The molecule has 3 rings (SSSR count). The molecule has 1 aliphatic heterocycles. The van der Waals surface area contributed by atoms with Crippen LogP contribution in [0.15, 0.2) is 28.7 Å². The Bertz CT molecular complexity index is 661. The fourth-order valence-corrected chi connectivity index (χ4v) is 3.18. The smallest absolute Gasteiger partial charge is 0.371 e. The maximum Gasteiger partial charge on any atom is 0.371 e. The Morgan fingerprint density at radius 3 is 2.95 bits per heavy atom. The Balaban J connectivity index is 1.82. The second-order valence-electron chi connectivity index (χ2n) is 6.12. The normalized spacial score (nSPS) is 23.5. The summed E-state index contributed by atoms with van der Waals surface area (Å²) < 4.78 is 5.30. The lowest BCUT2D eigenvalue weighted by atomic mass is 9.91. The van der Waals surface area contributed by atoms with E-state index in [1.807, 2.05) is 18.2 Å². The van der Waals surface area contributed by atoms with Crippen molar-refractivity contribution in [1.29, 1.82) is 0 Å². The number of hydrogen-bond acceptors (Lipinski definition) is 3. The van der Waals surface area contributed by atoms with Crippen LogP contribution in [0.25, 0.3) is 11.0 Å². The van der Waals surface area contributed by atoms with Gasteiger partial charge < -0.3 is 9.52 Å². The zero-order valence-electron chi connectivity index (χ0n) is 12.5. The number of aromatic carboxylic acids is 1. The molecule has 0 spiro atoms. The third kappa shape index (κ3) is 2.81. The number of fused-ring (bicyclic) bond motifs is 1. The number of likely N-dealkylation sites (tertiary alicyclic amines) is 1. The van der Waals surface area contributed by atoms with E-state index in [0.29, 0.717) is 11.6 Å². The third-order valence-corrected chi connectivity index (χ3v) is 4.68. The number of nitrogens with zero attached hydrogens (tertiary/aromatic N) is 1. The van der Waals surface area contributed by atoms with E-state index in [4.69, 9.17) is 9.52 Å². The summed E-state index contributed by atoms with van der Waals surface area (Å²) >= 11 is 0. The highest BCUT2D eigenvalue weighted by molar-refractivity contribution is 5.91. The van der Waals surface area contributed by atoms with Gasteiger partial charge in [-0.1, -0.05) is 13.0 Å². The highest BCUT2D eigenvalue weighted by Gasteiger charge is 2.24. The fraction of sp³-hybridized carbons (Fsp3) is 0.471. The van der Waals surface area contributed by atoms with Gasteiger partial charge in [-0.25, -0.2) is 4.79 Å². The summed E-state index contributed by atoms with van der Waals surface area (Å²) in [6, 6.07) is 8.13. The molecule has 112 valence electrons. The summed E-state index contributed by atoms with van der Waals surface area (Å²) in [4.78, 5) is 13.5.